The topological polar surface area (TPSA) is 67.6 Å². The zero-order valence-electron chi connectivity index (χ0n) is 14.8. The van der Waals surface area contributed by atoms with Gasteiger partial charge in [0.15, 0.2) is 0 Å². The van der Waals surface area contributed by atoms with Gasteiger partial charge in [-0.2, -0.15) is 0 Å². The summed E-state index contributed by atoms with van der Waals surface area (Å²) in [5, 5.41) is 14.1. The third-order valence-corrected chi connectivity index (χ3v) is 4.77. The van der Waals surface area contributed by atoms with E-state index in [9.17, 15) is 10.1 Å². The highest BCUT2D eigenvalue weighted by Gasteiger charge is 2.10. The fraction of sp³-hybridized carbons (Fsp3) is 0.556. The highest BCUT2D eigenvalue weighted by atomic mass is 32.2. The fourth-order valence-corrected chi connectivity index (χ4v) is 3.29. The third-order valence-electron chi connectivity index (χ3n) is 4.08. The maximum Gasteiger partial charge on any atom is 0.263 e. The molecule has 138 valence electrons. The van der Waals surface area contributed by atoms with E-state index in [1.165, 1.54) is 49.7 Å². The van der Waals surface area contributed by atoms with E-state index in [4.69, 9.17) is 4.74 Å². The van der Waals surface area contributed by atoms with E-state index in [2.05, 4.69) is 22.3 Å². The predicted molar refractivity (Wildman–Crippen MR) is 102 cm³/mol. The Hall–Kier alpha value is -1.73. The number of rotatable bonds is 10. The lowest BCUT2D eigenvalue weighted by molar-refractivity contribution is -0.403. The van der Waals surface area contributed by atoms with Gasteiger partial charge in [0.05, 0.1) is 11.5 Å². The molecular formula is C18H27N3O3S. The van der Waals surface area contributed by atoms with Crippen molar-refractivity contribution in [2.45, 2.75) is 32.2 Å². The molecule has 6 nitrogen and oxygen atoms in total. The van der Waals surface area contributed by atoms with E-state index in [1.54, 1.807) is 0 Å². The van der Waals surface area contributed by atoms with Crippen LogP contribution in [0.5, 0.6) is 5.75 Å². The molecule has 25 heavy (non-hydrogen) atoms. The first-order valence-electron chi connectivity index (χ1n) is 8.74. The molecule has 1 fully saturated rings. The second-order valence-corrected chi connectivity index (χ2v) is 6.94. The number of nitro groups is 1. The van der Waals surface area contributed by atoms with Gasteiger partial charge in [0, 0.05) is 13.1 Å². The molecule has 1 N–H and O–H groups in total. The molecule has 0 unspecified atom stereocenters. The minimum atomic E-state index is -0.441. The lowest BCUT2D eigenvalue weighted by Crippen LogP contribution is -2.29. The minimum absolute atomic E-state index is 0.441. The summed E-state index contributed by atoms with van der Waals surface area (Å²) in [6, 6.07) is 8.28. The Balaban J connectivity index is 1.70. The summed E-state index contributed by atoms with van der Waals surface area (Å²) in [6.45, 7) is 4.59. The molecule has 0 radical (unpaired) electrons. The van der Waals surface area contributed by atoms with Crippen LogP contribution in [-0.4, -0.2) is 42.3 Å². The molecular weight excluding hydrogens is 338 g/mol. The van der Waals surface area contributed by atoms with Gasteiger partial charge in [0.1, 0.15) is 10.8 Å². The molecule has 1 aromatic rings. The van der Waals surface area contributed by atoms with Gasteiger partial charge >= 0.3 is 0 Å². The number of benzene rings is 1. The number of ether oxygens (including phenoxy) is 1. The SMILES string of the molecule is CSC(=C[N+](=O)[O-])NCCCOc1cccc(CN2CCCCC2)c1. The number of thioether (sulfide) groups is 1. The molecule has 1 aromatic carbocycles. The van der Waals surface area contributed by atoms with Gasteiger partial charge in [-0.1, -0.05) is 18.6 Å². The Labute approximate surface area is 153 Å². The fourth-order valence-electron chi connectivity index (χ4n) is 2.85. The first kappa shape index (κ1) is 19.6. The van der Waals surface area contributed by atoms with Crippen LogP contribution in [-0.2, 0) is 6.54 Å². The van der Waals surface area contributed by atoms with Crippen LogP contribution in [0.2, 0.25) is 0 Å². The lowest BCUT2D eigenvalue weighted by atomic mass is 10.1. The summed E-state index contributed by atoms with van der Waals surface area (Å²) in [5.41, 5.74) is 1.29. The van der Waals surface area contributed by atoms with Crippen molar-refractivity contribution in [3.05, 3.63) is 51.2 Å². The Morgan fingerprint density at radius 3 is 2.92 bits per heavy atom. The van der Waals surface area contributed by atoms with Gasteiger partial charge in [-0.05, 0) is 56.3 Å². The first-order chi connectivity index (χ1) is 12.2. The van der Waals surface area contributed by atoms with Crippen LogP contribution in [0.25, 0.3) is 0 Å². The number of nitrogens with one attached hydrogen (secondary N) is 1. The van der Waals surface area contributed by atoms with Crippen molar-refractivity contribution in [1.82, 2.24) is 10.2 Å². The normalized spacial score (nSPS) is 15.8. The molecule has 2 rings (SSSR count). The molecule has 1 aliphatic rings. The lowest BCUT2D eigenvalue weighted by Gasteiger charge is -2.26. The zero-order chi connectivity index (χ0) is 17.9. The number of nitrogens with zero attached hydrogens (tertiary/aromatic N) is 2. The van der Waals surface area contributed by atoms with Crippen molar-refractivity contribution in [1.29, 1.82) is 0 Å². The van der Waals surface area contributed by atoms with Crippen molar-refractivity contribution >= 4 is 11.8 Å². The molecule has 0 atom stereocenters. The van der Waals surface area contributed by atoms with Crippen molar-refractivity contribution < 1.29 is 9.66 Å². The summed E-state index contributed by atoms with van der Waals surface area (Å²) < 4.78 is 5.81. The van der Waals surface area contributed by atoms with Crippen LogP contribution in [0.1, 0.15) is 31.2 Å². The van der Waals surface area contributed by atoms with E-state index in [0.29, 0.717) is 18.2 Å². The highest BCUT2D eigenvalue weighted by Crippen LogP contribution is 2.17. The number of hydrogen-bond acceptors (Lipinski definition) is 6. The largest absolute Gasteiger partial charge is 0.494 e. The summed E-state index contributed by atoms with van der Waals surface area (Å²) in [4.78, 5) is 12.5. The van der Waals surface area contributed by atoms with Crippen molar-refractivity contribution in [3.63, 3.8) is 0 Å². The molecule has 7 heteroatoms. The summed E-state index contributed by atoms with van der Waals surface area (Å²) in [7, 11) is 0. The molecule has 1 saturated heterocycles. The molecule has 0 bridgehead atoms. The zero-order valence-corrected chi connectivity index (χ0v) is 15.6. The molecule has 0 aromatic heterocycles. The van der Waals surface area contributed by atoms with Crippen molar-refractivity contribution in [2.24, 2.45) is 0 Å². The predicted octanol–water partition coefficient (Wildman–Crippen LogP) is 3.47. The van der Waals surface area contributed by atoms with E-state index in [-0.39, 0.29) is 0 Å². The van der Waals surface area contributed by atoms with Gasteiger partial charge in [0.2, 0.25) is 0 Å². The standard InChI is InChI=1S/C18H27N3O3S/c1-25-18(15-21(22)23)19-9-6-12-24-17-8-5-7-16(13-17)14-20-10-3-2-4-11-20/h5,7-8,13,15,19H,2-4,6,9-12,14H2,1H3. The van der Waals surface area contributed by atoms with Crippen molar-refractivity contribution in [2.75, 3.05) is 32.5 Å². The van der Waals surface area contributed by atoms with Gasteiger partial charge in [-0.15, -0.1) is 11.8 Å². The summed E-state index contributed by atoms with van der Waals surface area (Å²) in [5.74, 6) is 0.889. The average molecular weight is 365 g/mol. The van der Waals surface area contributed by atoms with Crippen LogP contribution in [0, 0.1) is 10.1 Å². The third kappa shape index (κ3) is 7.79. The highest BCUT2D eigenvalue weighted by molar-refractivity contribution is 8.02. The first-order valence-corrected chi connectivity index (χ1v) is 9.97. The average Bonchev–Trinajstić information content (AvgIpc) is 2.61. The van der Waals surface area contributed by atoms with Gasteiger partial charge < -0.3 is 10.1 Å². The molecule has 1 aliphatic heterocycles. The smallest absolute Gasteiger partial charge is 0.263 e. The van der Waals surface area contributed by atoms with Crippen LogP contribution in [0.3, 0.4) is 0 Å². The Kier molecular flexibility index (Phi) is 8.62. The maximum atomic E-state index is 10.5. The number of hydrogen-bond donors (Lipinski definition) is 1. The number of likely N-dealkylation sites (tertiary alicyclic amines) is 1. The van der Waals surface area contributed by atoms with Crippen molar-refractivity contribution in [3.8, 4) is 5.75 Å². The molecule has 0 spiro atoms. The van der Waals surface area contributed by atoms with Gasteiger partial charge in [0.25, 0.3) is 6.20 Å². The Bertz CT molecular complexity index is 574. The second kappa shape index (κ2) is 11.0. The van der Waals surface area contributed by atoms with E-state index < -0.39 is 4.92 Å². The summed E-state index contributed by atoms with van der Waals surface area (Å²) in [6.07, 6.45) is 7.54. The second-order valence-electron chi connectivity index (χ2n) is 6.10. The van der Waals surface area contributed by atoms with Gasteiger partial charge in [-0.3, -0.25) is 15.0 Å². The van der Waals surface area contributed by atoms with E-state index in [0.717, 1.165) is 24.9 Å². The maximum absolute atomic E-state index is 10.5. The van der Waals surface area contributed by atoms with Crippen LogP contribution in [0.4, 0.5) is 0 Å². The van der Waals surface area contributed by atoms with Crippen LogP contribution >= 0.6 is 11.8 Å². The number of piperidine rings is 1. The molecule has 0 amide bonds. The van der Waals surface area contributed by atoms with E-state index in [1.807, 2.05) is 18.4 Å². The molecule has 0 aliphatic carbocycles. The minimum Gasteiger partial charge on any atom is -0.494 e. The monoisotopic (exact) mass is 365 g/mol. The van der Waals surface area contributed by atoms with Crippen LogP contribution < -0.4 is 10.1 Å². The Morgan fingerprint density at radius 1 is 1.40 bits per heavy atom. The van der Waals surface area contributed by atoms with Crippen LogP contribution in [0.15, 0.2) is 35.5 Å². The summed E-state index contributed by atoms with van der Waals surface area (Å²) >= 11 is 1.33. The van der Waals surface area contributed by atoms with E-state index >= 15 is 0 Å². The molecule has 0 saturated carbocycles. The van der Waals surface area contributed by atoms with Gasteiger partial charge in [-0.25, -0.2) is 0 Å². The quantitative estimate of drug-likeness (QED) is 0.389. The Morgan fingerprint density at radius 2 is 2.20 bits per heavy atom. The molecule has 1 heterocycles.